The van der Waals surface area contributed by atoms with Gasteiger partial charge in [0.25, 0.3) is 5.91 Å². The average molecular weight is 384 g/mol. The maximum absolute atomic E-state index is 14.0. The van der Waals surface area contributed by atoms with Gasteiger partial charge in [0.15, 0.2) is 0 Å². The normalized spacial score (nSPS) is 10.5. The molecule has 0 aliphatic rings. The van der Waals surface area contributed by atoms with Gasteiger partial charge in [0.05, 0.1) is 22.8 Å². The number of fused-ring (bicyclic) bond motifs is 1. The van der Waals surface area contributed by atoms with Crippen molar-refractivity contribution in [2.75, 3.05) is 5.32 Å². The molecule has 1 aromatic heterocycles. The Morgan fingerprint density at radius 1 is 1.00 bits per heavy atom. The summed E-state index contributed by atoms with van der Waals surface area (Å²) in [6.07, 6.45) is 0. The lowest BCUT2D eigenvalue weighted by Gasteiger charge is -2.08. The summed E-state index contributed by atoms with van der Waals surface area (Å²) < 4.78 is 19.3. The lowest BCUT2D eigenvalue weighted by molar-refractivity contribution is 0.102. The van der Waals surface area contributed by atoms with Crippen LogP contribution in [0.15, 0.2) is 82.0 Å². The summed E-state index contributed by atoms with van der Waals surface area (Å²) in [6.45, 7) is 0. The van der Waals surface area contributed by atoms with Gasteiger partial charge in [-0.25, -0.2) is 9.18 Å². The number of nitriles is 1. The van der Waals surface area contributed by atoms with Gasteiger partial charge in [-0.2, -0.15) is 5.26 Å². The number of nitrogens with zero attached hydrogens (tertiary/aromatic N) is 1. The van der Waals surface area contributed by atoms with Crippen molar-refractivity contribution in [3.05, 3.63) is 100 Å². The van der Waals surface area contributed by atoms with E-state index in [1.165, 1.54) is 12.1 Å². The molecule has 4 aromatic rings. The summed E-state index contributed by atoms with van der Waals surface area (Å²) in [4.78, 5) is 24.6. The molecule has 29 heavy (non-hydrogen) atoms. The zero-order chi connectivity index (χ0) is 20.4. The fraction of sp³-hybridized carbons (Fsp3) is 0. The van der Waals surface area contributed by atoms with E-state index in [4.69, 9.17) is 9.68 Å². The van der Waals surface area contributed by atoms with Gasteiger partial charge < -0.3 is 9.73 Å². The Hall–Kier alpha value is -4.24. The van der Waals surface area contributed by atoms with Crippen LogP contribution in [0.25, 0.3) is 22.1 Å². The molecule has 1 N–H and O–H groups in total. The maximum atomic E-state index is 14.0. The third kappa shape index (κ3) is 3.62. The number of benzene rings is 3. The molecule has 0 radical (unpaired) electrons. The number of hydrogen-bond donors (Lipinski definition) is 1. The molecule has 5 nitrogen and oxygen atoms in total. The molecule has 0 atom stereocenters. The lowest BCUT2D eigenvalue weighted by atomic mass is 10.1. The van der Waals surface area contributed by atoms with Gasteiger partial charge in [0, 0.05) is 11.1 Å². The molecule has 0 aliphatic carbocycles. The number of hydrogen-bond acceptors (Lipinski definition) is 4. The molecule has 0 spiro atoms. The number of carbonyl (C=O) groups excluding carboxylic acids is 1. The quantitative estimate of drug-likeness (QED) is 0.518. The summed E-state index contributed by atoms with van der Waals surface area (Å²) >= 11 is 0. The summed E-state index contributed by atoms with van der Waals surface area (Å²) in [5.41, 5.74) is 1.50. The van der Waals surface area contributed by atoms with Crippen LogP contribution in [0.4, 0.5) is 10.1 Å². The van der Waals surface area contributed by atoms with Crippen LogP contribution < -0.4 is 10.9 Å². The van der Waals surface area contributed by atoms with Crippen molar-refractivity contribution in [3.63, 3.8) is 0 Å². The third-order valence-electron chi connectivity index (χ3n) is 4.44. The van der Waals surface area contributed by atoms with E-state index in [0.717, 1.165) is 11.5 Å². The van der Waals surface area contributed by atoms with Gasteiger partial charge in [-0.05, 0) is 48.0 Å². The smallest absolute Gasteiger partial charge is 0.344 e. The Kier molecular flexibility index (Phi) is 4.63. The second kappa shape index (κ2) is 7.41. The number of anilines is 1. The SMILES string of the molecule is N#Cc1ccc(C(=O)Nc2ccc(-c3cc4ccccc4oc3=O)cc2)c(F)c1. The fourth-order valence-electron chi connectivity index (χ4n) is 2.96. The Morgan fingerprint density at radius 3 is 2.48 bits per heavy atom. The molecule has 0 unspecified atom stereocenters. The topological polar surface area (TPSA) is 83.1 Å². The molecule has 0 aliphatic heterocycles. The summed E-state index contributed by atoms with van der Waals surface area (Å²) in [7, 11) is 0. The van der Waals surface area contributed by atoms with E-state index in [0.29, 0.717) is 22.4 Å². The Labute approximate surface area is 164 Å². The van der Waals surface area contributed by atoms with Crippen LogP contribution in [-0.2, 0) is 0 Å². The summed E-state index contributed by atoms with van der Waals surface area (Å²) in [6, 6.07) is 21.0. The van der Waals surface area contributed by atoms with Crippen molar-refractivity contribution < 1.29 is 13.6 Å². The van der Waals surface area contributed by atoms with E-state index in [9.17, 15) is 14.0 Å². The molecule has 3 aromatic carbocycles. The zero-order valence-corrected chi connectivity index (χ0v) is 15.0. The van der Waals surface area contributed by atoms with Crippen LogP contribution in [0, 0.1) is 17.1 Å². The van der Waals surface area contributed by atoms with Crippen LogP contribution >= 0.6 is 0 Å². The van der Waals surface area contributed by atoms with Crippen molar-refractivity contribution in [2.45, 2.75) is 0 Å². The molecular formula is C23H13FN2O3. The van der Waals surface area contributed by atoms with E-state index in [1.807, 2.05) is 18.2 Å². The molecule has 0 bridgehead atoms. The molecule has 0 saturated heterocycles. The first-order valence-corrected chi connectivity index (χ1v) is 8.69. The molecular weight excluding hydrogens is 371 g/mol. The van der Waals surface area contributed by atoms with E-state index in [-0.39, 0.29) is 11.1 Å². The first-order chi connectivity index (χ1) is 14.0. The van der Waals surface area contributed by atoms with Crippen LogP contribution in [0.3, 0.4) is 0 Å². The highest BCUT2D eigenvalue weighted by molar-refractivity contribution is 6.04. The van der Waals surface area contributed by atoms with Gasteiger partial charge in [0.1, 0.15) is 11.4 Å². The minimum Gasteiger partial charge on any atom is -0.422 e. The van der Waals surface area contributed by atoms with Gasteiger partial charge in [-0.1, -0.05) is 30.3 Å². The molecule has 140 valence electrons. The number of rotatable bonds is 3. The predicted molar refractivity (Wildman–Crippen MR) is 107 cm³/mol. The maximum Gasteiger partial charge on any atom is 0.344 e. The van der Waals surface area contributed by atoms with Crippen molar-refractivity contribution in [2.24, 2.45) is 0 Å². The number of nitrogens with one attached hydrogen (secondary N) is 1. The van der Waals surface area contributed by atoms with Crippen molar-refractivity contribution >= 4 is 22.6 Å². The van der Waals surface area contributed by atoms with Crippen LogP contribution in [-0.4, -0.2) is 5.91 Å². The molecule has 1 heterocycles. The van der Waals surface area contributed by atoms with Crippen molar-refractivity contribution in [1.82, 2.24) is 0 Å². The van der Waals surface area contributed by atoms with Crippen LogP contribution in [0.5, 0.6) is 0 Å². The predicted octanol–water partition coefficient (Wildman–Crippen LogP) is 4.72. The second-order valence-corrected chi connectivity index (χ2v) is 6.32. The summed E-state index contributed by atoms with van der Waals surface area (Å²) in [5.74, 6) is -1.41. The number of para-hydroxylation sites is 1. The fourth-order valence-corrected chi connectivity index (χ4v) is 2.96. The van der Waals surface area contributed by atoms with Crippen LogP contribution in [0.1, 0.15) is 15.9 Å². The number of carbonyl (C=O) groups is 1. The van der Waals surface area contributed by atoms with Gasteiger partial charge in [0.2, 0.25) is 0 Å². The standard InChI is InChI=1S/C23H13FN2O3/c24-20-11-14(13-25)5-10-18(20)22(27)26-17-8-6-15(7-9-17)19-12-16-3-1-2-4-21(16)29-23(19)28/h1-12H,(H,26,27). The van der Waals surface area contributed by atoms with Gasteiger partial charge in [-0.3, -0.25) is 4.79 Å². The Balaban J connectivity index is 1.59. The number of halogens is 1. The second-order valence-electron chi connectivity index (χ2n) is 6.32. The van der Waals surface area contributed by atoms with E-state index in [1.54, 1.807) is 42.5 Å². The Morgan fingerprint density at radius 2 is 1.76 bits per heavy atom. The van der Waals surface area contributed by atoms with Gasteiger partial charge >= 0.3 is 5.63 Å². The first kappa shape index (κ1) is 18.1. The highest BCUT2D eigenvalue weighted by Crippen LogP contribution is 2.23. The minimum atomic E-state index is -0.771. The molecule has 4 rings (SSSR count). The van der Waals surface area contributed by atoms with Gasteiger partial charge in [-0.15, -0.1) is 0 Å². The lowest BCUT2D eigenvalue weighted by Crippen LogP contribution is -2.13. The largest absolute Gasteiger partial charge is 0.422 e. The monoisotopic (exact) mass is 384 g/mol. The average Bonchev–Trinajstić information content (AvgIpc) is 2.73. The molecule has 1 amide bonds. The number of amides is 1. The summed E-state index contributed by atoms with van der Waals surface area (Å²) in [5, 5.41) is 12.2. The molecule has 0 saturated carbocycles. The highest BCUT2D eigenvalue weighted by Gasteiger charge is 2.13. The van der Waals surface area contributed by atoms with E-state index >= 15 is 0 Å². The first-order valence-electron chi connectivity index (χ1n) is 8.69. The minimum absolute atomic E-state index is 0.137. The highest BCUT2D eigenvalue weighted by atomic mass is 19.1. The molecule has 0 fully saturated rings. The van der Waals surface area contributed by atoms with E-state index in [2.05, 4.69) is 5.32 Å². The van der Waals surface area contributed by atoms with Crippen LogP contribution in [0.2, 0.25) is 0 Å². The van der Waals surface area contributed by atoms with Crippen molar-refractivity contribution in [1.29, 1.82) is 5.26 Å². The Bertz CT molecular complexity index is 1340. The van der Waals surface area contributed by atoms with Crippen molar-refractivity contribution in [3.8, 4) is 17.2 Å². The molecule has 6 heteroatoms. The van der Waals surface area contributed by atoms with E-state index < -0.39 is 17.3 Å². The zero-order valence-electron chi connectivity index (χ0n) is 15.0. The third-order valence-corrected chi connectivity index (χ3v) is 4.44.